The van der Waals surface area contributed by atoms with Crippen molar-refractivity contribution in [2.24, 2.45) is 7.05 Å². The molecule has 0 N–H and O–H groups in total. The first-order valence-corrected chi connectivity index (χ1v) is 9.25. The quantitative estimate of drug-likeness (QED) is 0.782. The zero-order valence-electron chi connectivity index (χ0n) is 12.8. The van der Waals surface area contributed by atoms with Crippen LogP contribution in [-0.2, 0) is 17.1 Å². The maximum absolute atomic E-state index is 12.7. The Hall–Kier alpha value is -0.510. The molecule has 0 atom stereocenters. The van der Waals surface area contributed by atoms with Crippen molar-refractivity contribution in [3.8, 4) is 0 Å². The van der Waals surface area contributed by atoms with Gasteiger partial charge >= 0.3 is 0 Å². The first-order chi connectivity index (χ1) is 9.75. The summed E-state index contributed by atoms with van der Waals surface area (Å²) in [5.74, 6) is 0. The van der Waals surface area contributed by atoms with Gasteiger partial charge in [0.25, 0.3) is 10.0 Å². The van der Waals surface area contributed by atoms with Gasteiger partial charge in [-0.3, -0.25) is 0 Å². The second-order valence-corrected chi connectivity index (χ2v) is 8.36. The second kappa shape index (κ2) is 6.31. The van der Waals surface area contributed by atoms with Crippen LogP contribution in [0.15, 0.2) is 9.63 Å². The molecule has 120 valence electrons. The number of hydrogen-bond acceptors (Lipinski definition) is 5. The number of aromatic nitrogens is 3. The number of nitrogens with zero attached hydrogens (tertiary/aromatic N) is 5. The Morgan fingerprint density at radius 2 is 1.90 bits per heavy atom. The van der Waals surface area contributed by atoms with Crippen molar-refractivity contribution in [2.45, 2.75) is 43.8 Å². The van der Waals surface area contributed by atoms with Crippen LogP contribution in [0.3, 0.4) is 0 Å². The summed E-state index contributed by atoms with van der Waals surface area (Å²) in [5.41, 5.74) is 0. The summed E-state index contributed by atoms with van der Waals surface area (Å²) >= 11 is 3.17. The Bertz CT molecular complexity index is 573. The number of hydrogen-bond donors (Lipinski definition) is 0. The fraction of sp³-hybridized carbons (Fsp3) is 0.833. The van der Waals surface area contributed by atoms with Crippen LogP contribution < -0.4 is 0 Å². The summed E-state index contributed by atoms with van der Waals surface area (Å²) in [5, 5.41) is 7.62. The van der Waals surface area contributed by atoms with Gasteiger partial charge in [-0.2, -0.15) is 4.31 Å². The van der Waals surface area contributed by atoms with Crippen LogP contribution in [0.5, 0.6) is 0 Å². The maximum Gasteiger partial charge on any atom is 0.263 e. The van der Waals surface area contributed by atoms with E-state index in [0.29, 0.717) is 6.04 Å². The molecule has 7 nitrogen and oxygen atoms in total. The van der Waals surface area contributed by atoms with Gasteiger partial charge in [0.1, 0.15) is 0 Å². The summed E-state index contributed by atoms with van der Waals surface area (Å²) in [6.07, 6.45) is 1.69. The number of piperidine rings is 1. The monoisotopic (exact) mass is 379 g/mol. The van der Waals surface area contributed by atoms with Gasteiger partial charge in [0.05, 0.1) is 0 Å². The van der Waals surface area contributed by atoms with Gasteiger partial charge in [0.2, 0.25) is 5.03 Å². The van der Waals surface area contributed by atoms with E-state index in [1.165, 1.54) is 8.99 Å². The van der Waals surface area contributed by atoms with E-state index in [2.05, 4.69) is 45.0 Å². The lowest BCUT2D eigenvalue weighted by Crippen LogP contribution is -2.47. The molecule has 1 aliphatic rings. The van der Waals surface area contributed by atoms with E-state index < -0.39 is 10.0 Å². The fourth-order valence-electron chi connectivity index (χ4n) is 2.70. The molecular weight excluding hydrogens is 358 g/mol. The molecule has 1 aromatic rings. The van der Waals surface area contributed by atoms with E-state index in [9.17, 15) is 8.42 Å². The van der Waals surface area contributed by atoms with Gasteiger partial charge in [0, 0.05) is 26.2 Å². The molecule has 0 amide bonds. The standard InChI is InChI=1S/C12H22BrN5O2S/c1-9(2)18-7-5-10(6-8-18)17(4)21(19,20)12-11(13)14-15-16(12)3/h9-10H,5-8H2,1-4H3. The molecule has 1 aromatic heterocycles. The summed E-state index contributed by atoms with van der Waals surface area (Å²) in [6.45, 7) is 6.18. The molecule has 0 bridgehead atoms. The van der Waals surface area contributed by atoms with Crippen molar-refractivity contribution in [3.05, 3.63) is 4.60 Å². The molecule has 9 heteroatoms. The van der Waals surface area contributed by atoms with Crippen LogP contribution >= 0.6 is 15.9 Å². The first-order valence-electron chi connectivity index (χ1n) is 7.02. The minimum atomic E-state index is -3.59. The van der Waals surface area contributed by atoms with Crippen molar-refractivity contribution in [2.75, 3.05) is 20.1 Å². The van der Waals surface area contributed by atoms with E-state index in [4.69, 9.17) is 0 Å². The van der Waals surface area contributed by atoms with Crippen LogP contribution in [0.25, 0.3) is 0 Å². The first kappa shape index (κ1) is 16.9. The third-order valence-electron chi connectivity index (χ3n) is 4.10. The predicted molar refractivity (Wildman–Crippen MR) is 83.4 cm³/mol. The van der Waals surface area contributed by atoms with Crippen molar-refractivity contribution < 1.29 is 8.42 Å². The van der Waals surface area contributed by atoms with E-state index in [1.54, 1.807) is 14.1 Å². The summed E-state index contributed by atoms with van der Waals surface area (Å²) in [7, 11) is -0.362. The molecule has 0 radical (unpaired) electrons. The highest BCUT2D eigenvalue weighted by atomic mass is 79.9. The van der Waals surface area contributed by atoms with Crippen molar-refractivity contribution >= 4 is 26.0 Å². The zero-order valence-corrected chi connectivity index (χ0v) is 15.2. The topological polar surface area (TPSA) is 71.3 Å². The second-order valence-electron chi connectivity index (χ2n) is 5.69. The Balaban J connectivity index is 2.15. The molecule has 0 spiro atoms. The van der Waals surface area contributed by atoms with Gasteiger partial charge in [-0.1, -0.05) is 5.21 Å². The zero-order chi connectivity index (χ0) is 15.8. The third-order valence-corrected chi connectivity index (χ3v) is 6.90. The van der Waals surface area contributed by atoms with Crippen LogP contribution in [0.2, 0.25) is 0 Å². The van der Waals surface area contributed by atoms with Gasteiger partial charge < -0.3 is 4.90 Å². The van der Waals surface area contributed by atoms with Crippen LogP contribution in [0.4, 0.5) is 0 Å². The maximum atomic E-state index is 12.7. The van der Waals surface area contributed by atoms with Crippen molar-refractivity contribution in [1.29, 1.82) is 0 Å². The molecular formula is C12H22BrN5O2S. The van der Waals surface area contributed by atoms with Gasteiger partial charge in [-0.05, 0) is 55.7 Å². The van der Waals surface area contributed by atoms with E-state index >= 15 is 0 Å². The lowest BCUT2D eigenvalue weighted by molar-refractivity contribution is 0.140. The predicted octanol–water partition coefficient (Wildman–Crippen LogP) is 1.07. The molecule has 0 saturated carbocycles. The number of halogens is 1. The minimum Gasteiger partial charge on any atom is -0.301 e. The van der Waals surface area contributed by atoms with Gasteiger partial charge in [-0.15, -0.1) is 5.10 Å². The number of likely N-dealkylation sites (tertiary alicyclic amines) is 1. The van der Waals surface area contributed by atoms with Gasteiger partial charge in [0.15, 0.2) is 4.60 Å². The molecule has 0 unspecified atom stereocenters. The van der Waals surface area contributed by atoms with Crippen LogP contribution in [0.1, 0.15) is 26.7 Å². The molecule has 0 aliphatic carbocycles. The molecule has 2 heterocycles. The Kier molecular flexibility index (Phi) is 5.07. The number of sulfonamides is 1. The molecule has 1 fully saturated rings. The van der Waals surface area contributed by atoms with Crippen LogP contribution in [0, 0.1) is 0 Å². The highest BCUT2D eigenvalue weighted by Crippen LogP contribution is 2.26. The van der Waals surface area contributed by atoms with E-state index in [-0.39, 0.29) is 15.7 Å². The van der Waals surface area contributed by atoms with E-state index in [0.717, 1.165) is 25.9 Å². The Morgan fingerprint density at radius 3 is 2.33 bits per heavy atom. The molecule has 1 aliphatic heterocycles. The van der Waals surface area contributed by atoms with Crippen molar-refractivity contribution in [3.63, 3.8) is 0 Å². The molecule has 0 aromatic carbocycles. The number of aryl methyl sites for hydroxylation is 1. The lowest BCUT2D eigenvalue weighted by atomic mass is 10.0. The highest BCUT2D eigenvalue weighted by Gasteiger charge is 2.34. The Morgan fingerprint density at radius 1 is 1.33 bits per heavy atom. The largest absolute Gasteiger partial charge is 0.301 e. The highest BCUT2D eigenvalue weighted by molar-refractivity contribution is 9.10. The Labute approximate surface area is 134 Å². The summed E-state index contributed by atoms with van der Waals surface area (Å²) in [4.78, 5) is 2.37. The molecule has 21 heavy (non-hydrogen) atoms. The normalized spacial score (nSPS) is 18.8. The number of rotatable bonds is 4. The average Bonchev–Trinajstić information content (AvgIpc) is 2.78. The molecule has 2 rings (SSSR count). The summed E-state index contributed by atoms with van der Waals surface area (Å²) < 4.78 is 28.5. The van der Waals surface area contributed by atoms with Crippen LogP contribution in [-0.4, -0.2) is 64.8 Å². The third kappa shape index (κ3) is 3.30. The van der Waals surface area contributed by atoms with Gasteiger partial charge in [-0.25, -0.2) is 13.1 Å². The van der Waals surface area contributed by atoms with E-state index in [1.807, 2.05) is 0 Å². The molecule has 1 saturated heterocycles. The average molecular weight is 380 g/mol. The smallest absolute Gasteiger partial charge is 0.263 e. The lowest BCUT2D eigenvalue weighted by Gasteiger charge is -2.37. The fourth-order valence-corrected chi connectivity index (χ4v) is 5.14. The summed E-state index contributed by atoms with van der Waals surface area (Å²) in [6, 6.07) is 0.523. The SMILES string of the molecule is CC(C)N1CCC(N(C)S(=O)(=O)c2c(Br)nnn2C)CC1. The van der Waals surface area contributed by atoms with Crippen molar-refractivity contribution in [1.82, 2.24) is 24.2 Å². The minimum absolute atomic E-state index is 0.0202.